The lowest BCUT2D eigenvalue weighted by molar-refractivity contribution is -0.116. The van der Waals surface area contributed by atoms with Crippen LogP contribution < -0.4 is 0 Å². The molecular weight excluding hydrogens is 268 g/mol. The summed E-state index contributed by atoms with van der Waals surface area (Å²) in [5, 5.41) is 0. The van der Waals surface area contributed by atoms with Crippen LogP contribution in [0.2, 0.25) is 0 Å². The van der Waals surface area contributed by atoms with Gasteiger partial charge in [-0.1, -0.05) is 32.9 Å². The van der Waals surface area contributed by atoms with Gasteiger partial charge in [-0.3, -0.25) is 4.79 Å². The van der Waals surface area contributed by atoms with Crippen molar-refractivity contribution in [3.8, 4) is 0 Å². The van der Waals surface area contributed by atoms with Crippen molar-refractivity contribution in [1.29, 1.82) is 0 Å². The molecule has 1 nitrogen and oxygen atoms in total. The summed E-state index contributed by atoms with van der Waals surface area (Å²) >= 11 is 0. The molecule has 0 aromatic heterocycles. The zero-order chi connectivity index (χ0) is 15.3. The van der Waals surface area contributed by atoms with Crippen LogP contribution in [0.15, 0.2) is 23.8 Å². The third kappa shape index (κ3) is 1.44. The molecule has 5 aliphatic rings. The van der Waals surface area contributed by atoms with Gasteiger partial charge in [-0.05, 0) is 83.7 Å². The van der Waals surface area contributed by atoms with Crippen LogP contribution in [0.5, 0.6) is 0 Å². The molecule has 0 bridgehead atoms. The van der Waals surface area contributed by atoms with Gasteiger partial charge in [0.25, 0.3) is 0 Å². The first-order valence-corrected chi connectivity index (χ1v) is 9.38. The zero-order valence-electron chi connectivity index (χ0n) is 14.1. The molecule has 5 rings (SSSR count). The lowest BCUT2D eigenvalue weighted by atomic mass is 9.48. The van der Waals surface area contributed by atoms with Crippen LogP contribution in [-0.2, 0) is 4.79 Å². The van der Waals surface area contributed by atoms with E-state index >= 15 is 0 Å². The van der Waals surface area contributed by atoms with Gasteiger partial charge >= 0.3 is 0 Å². The summed E-state index contributed by atoms with van der Waals surface area (Å²) in [5.41, 5.74) is 2.19. The van der Waals surface area contributed by atoms with Crippen molar-refractivity contribution in [3.63, 3.8) is 0 Å². The third-order valence-corrected chi connectivity index (χ3v) is 8.85. The second-order valence-electron chi connectivity index (χ2n) is 9.45. The van der Waals surface area contributed by atoms with E-state index in [1.54, 1.807) is 0 Å². The number of carbonyl (C=O) groups excluding carboxylic acids is 1. The van der Waals surface area contributed by atoms with Gasteiger partial charge in [0.1, 0.15) is 0 Å². The Hall–Kier alpha value is -0.850. The largest absolute Gasteiger partial charge is 0.295 e. The van der Waals surface area contributed by atoms with E-state index in [1.807, 2.05) is 6.08 Å². The van der Waals surface area contributed by atoms with E-state index in [1.165, 1.54) is 24.8 Å². The standard InChI is InChI=1S/C21H28O/c1-12-16-11-17(16)19-15-5-4-13-10-14(22)6-8-21(13,3)18(15)7-9-20(12,19)2/h4-5,10,12,15-19H,6-9,11H2,1-3H3. The Labute approximate surface area is 134 Å². The molecule has 3 saturated carbocycles. The monoisotopic (exact) mass is 296 g/mol. The Bertz CT molecular complexity index is 613. The number of hydrogen-bond acceptors (Lipinski definition) is 1. The minimum atomic E-state index is 0.269. The van der Waals surface area contributed by atoms with E-state index in [2.05, 4.69) is 32.9 Å². The molecule has 118 valence electrons. The van der Waals surface area contributed by atoms with E-state index < -0.39 is 0 Å². The average Bonchev–Trinajstić information content (AvgIpc) is 3.22. The van der Waals surface area contributed by atoms with Gasteiger partial charge in [0, 0.05) is 6.42 Å². The minimum absolute atomic E-state index is 0.269. The van der Waals surface area contributed by atoms with Crippen molar-refractivity contribution in [3.05, 3.63) is 23.8 Å². The van der Waals surface area contributed by atoms with Crippen molar-refractivity contribution >= 4 is 5.78 Å². The first-order chi connectivity index (χ1) is 10.4. The average molecular weight is 296 g/mol. The molecular formula is C21H28O. The molecule has 0 heterocycles. The van der Waals surface area contributed by atoms with Crippen LogP contribution in [0.1, 0.15) is 52.9 Å². The number of fused-ring (bicyclic) bond motifs is 7. The fraction of sp³-hybridized carbons (Fsp3) is 0.762. The molecule has 22 heavy (non-hydrogen) atoms. The molecule has 8 atom stereocenters. The molecule has 0 saturated heterocycles. The Morgan fingerprint density at radius 2 is 2.00 bits per heavy atom. The normalized spacial score (nSPS) is 58.3. The Balaban J connectivity index is 1.59. The van der Waals surface area contributed by atoms with Crippen LogP contribution >= 0.6 is 0 Å². The summed E-state index contributed by atoms with van der Waals surface area (Å²) in [5.74, 6) is 5.77. The highest BCUT2D eigenvalue weighted by Crippen LogP contribution is 2.74. The zero-order valence-corrected chi connectivity index (χ0v) is 14.1. The van der Waals surface area contributed by atoms with E-state index in [9.17, 15) is 4.79 Å². The predicted octanol–water partition coefficient (Wildman–Crippen LogP) is 4.79. The number of hydrogen-bond donors (Lipinski definition) is 0. The molecule has 0 amide bonds. The van der Waals surface area contributed by atoms with Crippen LogP contribution in [-0.4, -0.2) is 5.78 Å². The van der Waals surface area contributed by atoms with Crippen molar-refractivity contribution in [1.82, 2.24) is 0 Å². The lowest BCUT2D eigenvalue weighted by Crippen LogP contribution is -2.49. The SMILES string of the molecule is CC1C2CC2C2C3C=CC4=CC(=O)CCC4(C)C3CCC12C. The van der Waals surface area contributed by atoms with E-state index in [0.29, 0.717) is 11.2 Å². The Kier molecular flexibility index (Phi) is 2.45. The van der Waals surface area contributed by atoms with E-state index in [4.69, 9.17) is 0 Å². The maximum atomic E-state index is 11.8. The highest BCUT2D eigenvalue weighted by atomic mass is 16.1. The second-order valence-corrected chi connectivity index (χ2v) is 9.45. The number of carbonyl (C=O) groups is 1. The van der Waals surface area contributed by atoms with Crippen molar-refractivity contribution in [2.24, 2.45) is 46.3 Å². The third-order valence-electron chi connectivity index (χ3n) is 8.85. The number of rotatable bonds is 0. The summed E-state index contributed by atoms with van der Waals surface area (Å²) in [7, 11) is 0. The summed E-state index contributed by atoms with van der Waals surface area (Å²) in [4.78, 5) is 11.8. The highest BCUT2D eigenvalue weighted by molar-refractivity contribution is 5.92. The second kappa shape index (κ2) is 3.97. The van der Waals surface area contributed by atoms with Crippen molar-refractivity contribution in [2.45, 2.75) is 52.9 Å². The summed E-state index contributed by atoms with van der Waals surface area (Å²) in [6.45, 7) is 7.58. The van der Waals surface area contributed by atoms with Crippen molar-refractivity contribution in [2.75, 3.05) is 0 Å². The molecule has 0 spiro atoms. The van der Waals surface area contributed by atoms with Crippen molar-refractivity contribution < 1.29 is 4.79 Å². The quantitative estimate of drug-likeness (QED) is 0.628. The molecule has 0 aromatic carbocycles. The van der Waals surface area contributed by atoms with Gasteiger partial charge < -0.3 is 0 Å². The Morgan fingerprint density at radius 1 is 1.18 bits per heavy atom. The van der Waals surface area contributed by atoms with Gasteiger partial charge in [0.15, 0.2) is 5.78 Å². The predicted molar refractivity (Wildman–Crippen MR) is 88.1 cm³/mol. The molecule has 0 aromatic rings. The fourth-order valence-corrected chi connectivity index (χ4v) is 7.32. The summed E-state index contributed by atoms with van der Waals surface area (Å²) < 4.78 is 0. The first-order valence-electron chi connectivity index (χ1n) is 9.38. The van der Waals surface area contributed by atoms with Crippen LogP contribution in [0.25, 0.3) is 0 Å². The highest BCUT2D eigenvalue weighted by Gasteiger charge is 2.68. The van der Waals surface area contributed by atoms with Gasteiger partial charge in [-0.15, -0.1) is 0 Å². The smallest absolute Gasteiger partial charge is 0.156 e. The molecule has 0 aliphatic heterocycles. The van der Waals surface area contributed by atoms with Crippen LogP contribution in [0.3, 0.4) is 0 Å². The molecule has 0 radical (unpaired) electrons. The van der Waals surface area contributed by atoms with Gasteiger partial charge in [-0.2, -0.15) is 0 Å². The maximum absolute atomic E-state index is 11.8. The topological polar surface area (TPSA) is 17.1 Å². The lowest BCUT2D eigenvalue weighted by Gasteiger charge is -2.56. The van der Waals surface area contributed by atoms with Gasteiger partial charge in [0.05, 0.1) is 0 Å². The summed E-state index contributed by atoms with van der Waals surface area (Å²) in [6.07, 6.45) is 12.9. The Morgan fingerprint density at radius 3 is 2.82 bits per heavy atom. The molecule has 3 fully saturated rings. The molecule has 8 unspecified atom stereocenters. The molecule has 0 N–H and O–H groups in total. The maximum Gasteiger partial charge on any atom is 0.156 e. The van der Waals surface area contributed by atoms with E-state index in [0.717, 1.165) is 48.3 Å². The van der Waals surface area contributed by atoms with Gasteiger partial charge in [-0.25, -0.2) is 0 Å². The molecule has 5 aliphatic carbocycles. The molecule has 1 heteroatoms. The van der Waals surface area contributed by atoms with Crippen LogP contribution in [0.4, 0.5) is 0 Å². The van der Waals surface area contributed by atoms with Gasteiger partial charge in [0.2, 0.25) is 0 Å². The first kappa shape index (κ1) is 13.6. The summed E-state index contributed by atoms with van der Waals surface area (Å²) in [6, 6.07) is 0. The minimum Gasteiger partial charge on any atom is -0.295 e. The number of ketones is 1. The van der Waals surface area contributed by atoms with E-state index in [-0.39, 0.29) is 5.41 Å². The number of allylic oxidation sites excluding steroid dienone is 4. The fourth-order valence-electron chi connectivity index (χ4n) is 7.32. The van der Waals surface area contributed by atoms with Crippen LogP contribution in [0, 0.1) is 46.3 Å².